The third kappa shape index (κ3) is 3.47. The van der Waals surface area contributed by atoms with E-state index in [0.29, 0.717) is 26.2 Å². The van der Waals surface area contributed by atoms with Gasteiger partial charge in [0.1, 0.15) is 0 Å². The maximum Gasteiger partial charge on any atom is 0.211 e. The van der Waals surface area contributed by atoms with Gasteiger partial charge in [0.15, 0.2) is 0 Å². The Morgan fingerprint density at radius 3 is 2.40 bits per heavy atom. The fraction of sp³-hybridized carbons (Fsp3) is 0.615. The van der Waals surface area contributed by atoms with Crippen molar-refractivity contribution in [1.82, 2.24) is 9.29 Å². The van der Waals surface area contributed by atoms with Crippen molar-refractivity contribution in [3.05, 3.63) is 24.0 Å². The highest BCUT2D eigenvalue weighted by Gasteiger charge is 2.23. The minimum Gasteiger partial charge on any atom is -0.368 e. The molecule has 1 saturated heterocycles. The van der Waals surface area contributed by atoms with Gasteiger partial charge in [0, 0.05) is 32.2 Å². The smallest absolute Gasteiger partial charge is 0.211 e. The molecule has 2 rings (SSSR count). The van der Waals surface area contributed by atoms with Crippen molar-refractivity contribution in [2.75, 3.05) is 37.3 Å². The third-order valence-electron chi connectivity index (χ3n) is 3.66. The first-order valence-electron chi connectivity index (χ1n) is 6.83. The fourth-order valence-corrected chi connectivity index (χ4v) is 3.12. The first-order valence-corrected chi connectivity index (χ1v) is 8.68. The molecular weight excluding hydrogens is 276 g/mol. The SMILES string of the molecule is CCC(N)c1ccc(N2CCN(S(C)(=O)=O)CC2)cn1. The summed E-state index contributed by atoms with van der Waals surface area (Å²) in [5.41, 5.74) is 7.85. The summed E-state index contributed by atoms with van der Waals surface area (Å²) < 4.78 is 24.4. The Labute approximate surface area is 120 Å². The fourth-order valence-electron chi connectivity index (χ4n) is 2.29. The number of rotatable bonds is 4. The van der Waals surface area contributed by atoms with Crippen molar-refractivity contribution in [1.29, 1.82) is 0 Å². The van der Waals surface area contributed by atoms with Crippen molar-refractivity contribution in [3.8, 4) is 0 Å². The van der Waals surface area contributed by atoms with E-state index in [-0.39, 0.29) is 6.04 Å². The highest BCUT2D eigenvalue weighted by Crippen LogP contribution is 2.19. The summed E-state index contributed by atoms with van der Waals surface area (Å²) in [6, 6.07) is 3.94. The molecule has 6 nitrogen and oxygen atoms in total. The Kier molecular flexibility index (Phi) is 4.62. The highest BCUT2D eigenvalue weighted by atomic mass is 32.2. The quantitative estimate of drug-likeness (QED) is 0.879. The second-order valence-corrected chi connectivity index (χ2v) is 7.09. The average molecular weight is 298 g/mol. The van der Waals surface area contributed by atoms with E-state index in [2.05, 4.69) is 9.88 Å². The minimum absolute atomic E-state index is 0.0221. The molecule has 7 heteroatoms. The van der Waals surface area contributed by atoms with Crippen molar-refractivity contribution < 1.29 is 8.42 Å². The standard InChI is InChI=1S/C13H22N4O2S/c1-3-12(14)13-5-4-11(10-15-13)16-6-8-17(9-7-16)20(2,18)19/h4-5,10,12H,3,6-9,14H2,1-2H3. The largest absolute Gasteiger partial charge is 0.368 e. The lowest BCUT2D eigenvalue weighted by Gasteiger charge is -2.34. The van der Waals surface area contributed by atoms with Gasteiger partial charge in [-0.3, -0.25) is 4.98 Å². The van der Waals surface area contributed by atoms with Crippen LogP contribution in [0.5, 0.6) is 0 Å². The molecular formula is C13H22N4O2S. The zero-order valence-electron chi connectivity index (χ0n) is 12.0. The molecule has 0 amide bonds. The van der Waals surface area contributed by atoms with Crippen LogP contribution in [0.15, 0.2) is 18.3 Å². The van der Waals surface area contributed by atoms with Crippen LogP contribution in [-0.4, -0.2) is 50.1 Å². The van der Waals surface area contributed by atoms with Gasteiger partial charge in [-0.05, 0) is 18.6 Å². The predicted octanol–water partition coefficient (Wildman–Crippen LogP) is 0.573. The molecule has 20 heavy (non-hydrogen) atoms. The van der Waals surface area contributed by atoms with Crippen LogP contribution in [0.25, 0.3) is 0 Å². The number of nitrogens with zero attached hydrogens (tertiary/aromatic N) is 3. The van der Waals surface area contributed by atoms with Crippen molar-refractivity contribution >= 4 is 15.7 Å². The Balaban J connectivity index is 2.00. The summed E-state index contributed by atoms with van der Waals surface area (Å²) >= 11 is 0. The van der Waals surface area contributed by atoms with Gasteiger partial charge in [0.05, 0.1) is 23.8 Å². The first kappa shape index (κ1) is 15.2. The van der Waals surface area contributed by atoms with Gasteiger partial charge in [0.2, 0.25) is 10.0 Å². The van der Waals surface area contributed by atoms with Gasteiger partial charge < -0.3 is 10.6 Å². The van der Waals surface area contributed by atoms with Crippen LogP contribution in [0.2, 0.25) is 0 Å². The number of hydrogen-bond acceptors (Lipinski definition) is 5. The van der Waals surface area contributed by atoms with Crippen molar-refractivity contribution in [3.63, 3.8) is 0 Å². The van der Waals surface area contributed by atoms with Gasteiger partial charge >= 0.3 is 0 Å². The van der Waals surface area contributed by atoms with E-state index >= 15 is 0 Å². The van der Waals surface area contributed by atoms with Crippen molar-refractivity contribution in [2.24, 2.45) is 5.73 Å². The molecule has 0 radical (unpaired) electrons. The molecule has 1 aliphatic rings. The lowest BCUT2D eigenvalue weighted by atomic mass is 10.1. The Bertz CT molecular complexity index is 536. The third-order valence-corrected chi connectivity index (χ3v) is 4.97. The van der Waals surface area contributed by atoms with E-state index in [1.165, 1.54) is 10.6 Å². The molecule has 0 aromatic carbocycles. The van der Waals surface area contributed by atoms with E-state index in [4.69, 9.17) is 5.73 Å². The molecule has 2 heterocycles. The minimum atomic E-state index is -3.08. The van der Waals surface area contributed by atoms with E-state index in [9.17, 15) is 8.42 Å². The molecule has 1 unspecified atom stereocenters. The van der Waals surface area contributed by atoms with Gasteiger partial charge in [0.25, 0.3) is 0 Å². The molecule has 0 spiro atoms. The second kappa shape index (κ2) is 6.07. The van der Waals surface area contributed by atoms with E-state index < -0.39 is 10.0 Å². The first-order chi connectivity index (χ1) is 9.41. The second-order valence-electron chi connectivity index (χ2n) is 5.11. The number of hydrogen-bond donors (Lipinski definition) is 1. The zero-order chi connectivity index (χ0) is 14.8. The topological polar surface area (TPSA) is 79.5 Å². The number of nitrogens with two attached hydrogens (primary N) is 1. The number of anilines is 1. The normalized spacial score (nSPS) is 19.1. The number of sulfonamides is 1. The Morgan fingerprint density at radius 2 is 1.95 bits per heavy atom. The maximum absolute atomic E-state index is 11.5. The van der Waals surface area contributed by atoms with Gasteiger partial charge in [-0.1, -0.05) is 6.92 Å². The molecule has 1 aromatic rings. The Morgan fingerprint density at radius 1 is 1.30 bits per heavy atom. The van der Waals surface area contributed by atoms with Crippen LogP contribution in [0.3, 0.4) is 0 Å². The number of aromatic nitrogens is 1. The van der Waals surface area contributed by atoms with Crippen LogP contribution >= 0.6 is 0 Å². The zero-order valence-corrected chi connectivity index (χ0v) is 12.8. The summed E-state index contributed by atoms with van der Waals surface area (Å²) in [6.45, 7) is 4.45. The molecule has 0 saturated carbocycles. The van der Waals surface area contributed by atoms with Crippen LogP contribution in [0, 0.1) is 0 Å². The molecule has 1 atom stereocenters. The van der Waals surface area contributed by atoms with Crippen LogP contribution < -0.4 is 10.6 Å². The van der Waals surface area contributed by atoms with Crippen LogP contribution in [-0.2, 0) is 10.0 Å². The molecule has 0 bridgehead atoms. The van der Waals surface area contributed by atoms with Crippen molar-refractivity contribution in [2.45, 2.75) is 19.4 Å². The van der Waals surface area contributed by atoms with Gasteiger partial charge in [-0.15, -0.1) is 0 Å². The molecule has 1 fully saturated rings. The Hall–Kier alpha value is -1.18. The summed E-state index contributed by atoms with van der Waals surface area (Å²) in [4.78, 5) is 6.54. The molecule has 2 N–H and O–H groups in total. The molecule has 112 valence electrons. The summed E-state index contributed by atoms with van der Waals surface area (Å²) in [7, 11) is -3.08. The molecule has 0 aliphatic carbocycles. The molecule has 1 aliphatic heterocycles. The van der Waals surface area contributed by atoms with E-state index in [0.717, 1.165) is 17.8 Å². The van der Waals surface area contributed by atoms with Gasteiger partial charge in [-0.25, -0.2) is 8.42 Å². The van der Waals surface area contributed by atoms with Crippen LogP contribution in [0.4, 0.5) is 5.69 Å². The molecule has 1 aromatic heterocycles. The monoisotopic (exact) mass is 298 g/mol. The van der Waals surface area contributed by atoms with Crippen LogP contribution in [0.1, 0.15) is 25.1 Å². The predicted molar refractivity (Wildman–Crippen MR) is 80.1 cm³/mol. The summed E-state index contributed by atoms with van der Waals surface area (Å²) in [5.74, 6) is 0. The lowest BCUT2D eigenvalue weighted by molar-refractivity contribution is 0.388. The highest BCUT2D eigenvalue weighted by molar-refractivity contribution is 7.88. The maximum atomic E-state index is 11.5. The number of pyridine rings is 1. The van der Waals surface area contributed by atoms with E-state index in [1.54, 1.807) is 0 Å². The summed E-state index contributed by atoms with van der Waals surface area (Å²) in [5, 5.41) is 0. The van der Waals surface area contributed by atoms with E-state index in [1.807, 2.05) is 25.3 Å². The summed E-state index contributed by atoms with van der Waals surface area (Å²) in [6.07, 6.45) is 3.94. The van der Waals surface area contributed by atoms with Gasteiger partial charge in [-0.2, -0.15) is 4.31 Å². The lowest BCUT2D eigenvalue weighted by Crippen LogP contribution is -2.48. The average Bonchev–Trinajstić information content (AvgIpc) is 2.46. The number of piperazine rings is 1.